The number of piperazine rings is 1. The second kappa shape index (κ2) is 9.13. The van der Waals surface area contributed by atoms with Gasteiger partial charge in [-0.2, -0.15) is 0 Å². The van der Waals surface area contributed by atoms with Gasteiger partial charge >= 0.3 is 0 Å². The molecule has 0 radical (unpaired) electrons. The lowest BCUT2D eigenvalue weighted by Crippen LogP contribution is -2.48. The Kier molecular flexibility index (Phi) is 6.13. The molecule has 1 N–H and O–H groups in total. The third-order valence-electron chi connectivity index (χ3n) is 4.90. The van der Waals surface area contributed by atoms with Crippen LogP contribution in [0.2, 0.25) is 0 Å². The van der Waals surface area contributed by atoms with E-state index < -0.39 is 0 Å². The summed E-state index contributed by atoms with van der Waals surface area (Å²) >= 11 is 1.40. The zero-order valence-electron chi connectivity index (χ0n) is 16.7. The van der Waals surface area contributed by atoms with Gasteiger partial charge in [0.1, 0.15) is 17.3 Å². The van der Waals surface area contributed by atoms with E-state index in [-0.39, 0.29) is 11.7 Å². The number of rotatable bonds is 6. The van der Waals surface area contributed by atoms with E-state index in [9.17, 15) is 9.18 Å². The fourth-order valence-electron chi connectivity index (χ4n) is 3.34. The van der Waals surface area contributed by atoms with Gasteiger partial charge in [0.05, 0.1) is 6.61 Å². The number of benzene rings is 2. The second-order valence-electron chi connectivity index (χ2n) is 6.88. The number of anilines is 3. The number of hydrogen-bond acceptors (Lipinski definition) is 6. The van der Waals surface area contributed by atoms with Crippen molar-refractivity contribution in [3.05, 3.63) is 65.4 Å². The number of nitrogens with one attached hydrogen (secondary N) is 1. The van der Waals surface area contributed by atoms with Gasteiger partial charge in [0, 0.05) is 42.9 Å². The second-order valence-corrected chi connectivity index (χ2v) is 7.73. The van der Waals surface area contributed by atoms with Gasteiger partial charge in [0.25, 0.3) is 5.91 Å². The van der Waals surface area contributed by atoms with Crippen LogP contribution in [-0.2, 0) is 0 Å². The van der Waals surface area contributed by atoms with Gasteiger partial charge in [-0.1, -0.05) is 0 Å². The van der Waals surface area contributed by atoms with Crippen LogP contribution in [0.1, 0.15) is 17.4 Å². The van der Waals surface area contributed by atoms with Gasteiger partial charge < -0.3 is 19.9 Å². The average Bonchev–Trinajstić information content (AvgIpc) is 3.24. The van der Waals surface area contributed by atoms with Crippen LogP contribution in [0.5, 0.6) is 5.75 Å². The SMILES string of the molecule is CCOc1ccc(Nc2nc(C(=O)N3CCN(c4ccc(F)cc4)CC3)cs2)cc1. The molecule has 156 valence electrons. The van der Waals surface area contributed by atoms with E-state index in [1.807, 2.05) is 36.1 Å². The minimum Gasteiger partial charge on any atom is -0.494 e. The molecule has 0 bridgehead atoms. The zero-order chi connectivity index (χ0) is 20.9. The van der Waals surface area contributed by atoms with Crippen LogP contribution in [0.4, 0.5) is 20.9 Å². The quantitative estimate of drug-likeness (QED) is 0.634. The number of halogens is 1. The van der Waals surface area contributed by atoms with E-state index in [4.69, 9.17) is 4.74 Å². The topological polar surface area (TPSA) is 57.7 Å². The molecule has 1 aliphatic rings. The van der Waals surface area contributed by atoms with Crippen LogP contribution < -0.4 is 15.0 Å². The third-order valence-corrected chi connectivity index (χ3v) is 5.66. The molecule has 8 heteroatoms. The van der Waals surface area contributed by atoms with Gasteiger partial charge in [0.2, 0.25) is 0 Å². The normalized spacial score (nSPS) is 13.9. The molecule has 1 aromatic heterocycles. The van der Waals surface area contributed by atoms with Crippen molar-refractivity contribution in [2.24, 2.45) is 0 Å². The minimum atomic E-state index is -0.245. The first-order valence-electron chi connectivity index (χ1n) is 9.87. The molecule has 4 rings (SSSR count). The number of carbonyl (C=O) groups is 1. The lowest BCUT2D eigenvalue weighted by molar-refractivity contribution is 0.0742. The highest BCUT2D eigenvalue weighted by Crippen LogP contribution is 2.24. The molecule has 1 fully saturated rings. The first-order chi connectivity index (χ1) is 14.6. The summed E-state index contributed by atoms with van der Waals surface area (Å²) in [5, 5.41) is 5.68. The van der Waals surface area contributed by atoms with Crippen LogP contribution in [0.25, 0.3) is 0 Å². The number of ether oxygens (including phenoxy) is 1. The predicted molar refractivity (Wildman–Crippen MR) is 118 cm³/mol. The Morgan fingerprint density at radius 3 is 2.47 bits per heavy atom. The molecule has 0 unspecified atom stereocenters. The van der Waals surface area contributed by atoms with Crippen LogP contribution in [-0.4, -0.2) is 48.6 Å². The molecule has 0 saturated carbocycles. The zero-order valence-corrected chi connectivity index (χ0v) is 17.5. The Bertz CT molecular complexity index is 983. The number of aromatic nitrogens is 1. The lowest BCUT2D eigenvalue weighted by Gasteiger charge is -2.35. The maximum atomic E-state index is 13.1. The van der Waals surface area contributed by atoms with Gasteiger partial charge in [0.15, 0.2) is 5.13 Å². The molecule has 1 aliphatic heterocycles. The summed E-state index contributed by atoms with van der Waals surface area (Å²) in [4.78, 5) is 21.3. The first kappa shape index (κ1) is 20.2. The molecule has 6 nitrogen and oxygen atoms in total. The summed E-state index contributed by atoms with van der Waals surface area (Å²) in [6.45, 7) is 5.20. The van der Waals surface area contributed by atoms with Gasteiger partial charge in [-0.25, -0.2) is 9.37 Å². The van der Waals surface area contributed by atoms with Crippen molar-refractivity contribution < 1.29 is 13.9 Å². The molecular weight excluding hydrogens is 403 g/mol. The van der Waals surface area contributed by atoms with Crippen molar-refractivity contribution >= 4 is 33.8 Å². The van der Waals surface area contributed by atoms with Crippen LogP contribution >= 0.6 is 11.3 Å². The van der Waals surface area contributed by atoms with Crippen LogP contribution in [0.3, 0.4) is 0 Å². The van der Waals surface area contributed by atoms with Crippen molar-refractivity contribution in [2.45, 2.75) is 6.92 Å². The fourth-order valence-corrected chi connectivity index (χ4v) is 4.04. The highest BCUT2D eigenvalue weighted by atomic mass is 32.1. The van der Waals surface area contributed by atoms with Crippen LogP contribution in [0.15, 0.2) is 53.9 Å². The average molecular weight is 427 g/mol. The molecule has 0 aliphatic carbocycles. The Balaban J connectivity index is 1.33. The molecule has 2 aromatic carbocycles. The van der Waals surface area contributed by atoms with E-state index in [1.165, 1.54) is 23.5 Å². The van der Waals surface area contributed by atoms with E-state index in [0.717, 1.165) is 17.1 Å². The molecule has 2 heterocycles. The van der Waals surface area contributed by atoms with Gasteiger partial charge in [-0.15, -0.1) is 11.3 Å². The fraction of sp³-hybridized carbons (Fsp3) is 0.273. The molecule has 1 saturated heterocycles. The first-order valence-corrected chi connectivity index (χ1v) is 10.8. The number of carbonyl (C=O) groups excluding carboxylic acids is 1. The van der Waals surface area contributed by atoms with Gasteiger partial charge in [-0.05, 0) is 55.5 Å². The maximum Gasteiger partial charge on any atom is 0.273 e. The van der Waals surface area contributed by atoms with Crippen LogP contribution in [0, 0.1) is 5.82 Å². The van der Waals surface area contributed by atoms with E-state index >= 15 is 0 Å². The Hall–Kier alpha value is -3.13. The largest absolute Gasteiger partial charge is 0.494 e. The van der Waals surface area contributed by atoms with Gasteiger partial charge in [-0.3, -0.25) is 4.79 Å². The van der Waals surface area contributed by atoms with Crippen molar-refractivity contribution in [3.63, 3.8) is 0 Å². The van der Waals surface area contributed by atoms with E-state index in [0.29, 0.717) is 43.6 Å². The smallest absolute Gasteiger partial charge is 0.273 e. The molecular formula is C22H23FN4O2S. The monoisotopic (exact) mass is 426 g/mol. The number of hydrogen-bond donors (Lipinski definition) is 1. The van der Waals surface area contributed by atoms with E-state index in [2.05, 4.69) is 15.2 Å². The summed E-state index contributed by atoms with van der Waals surface area (Å²) in [6.07, 6.45) is 0. The highest BCUT2D eigenvalue weighted by Gasteiger charge is 2.24. The summed E-state index contributed by atoms with van der Waals surface area (Å²) in [6, 6.07) is 14.1. The van der Waals surface area contributed by atoms with Crippen molar-refractivity contribution in [1.82, 2.24) is 9.88 Å². The lowest BCUT2D eigenvalue weighted by atomic mass is 10.2. The molecule has 30 heavy (non-hydrogen) atoms. The summed E-state index contributed by atoms with van der Waals surface area (Å²) < 4.78 is 18.6. The van der Waals surface area contributed by atoms with Crippen molar-refractivity contribution in [1.29, 1.82) is 0 Å². The number of amides is 1. The number of nitrogens with zero attached hydrogens (tertiary/aromatic N) is 3. The molecule has 3 aromatic rings. The maximum absolute atomic E-state index is 13.1. The highest BCUT2D eigenvalue weighted by molar-refractivity contribution is 7.14. The standard InChI is InChI=1S/C22H23FN4O2S/c1-2-29-19-9-5-17(6-10-19)24-22-25-20(15-30-22)21(28)27-13-11-26(12-14-27)18-7-3-16(23)4-8-18/h3-10,15H,2,11-14H2,1H3,(H,24,25). The van der Waals surface area contributed by atoms with Crippen molar-refractivity contribution in [2.75, 3.05) is 43.0 Å². The molecule has 0 spiro atoms. The molecule has 1 amide bonds. The predicted octanol–water partition coefficient (Wildman–Crippen LogP) is 4.39. The Morgan fingerprint density at radius 1 is 1.10 bits per heavy atom. The number of thiazole rings is 1. The summed E-state index contributed by atoms with van der Waals surface area (Å²) in [7, 11) is 0. The Labute approximate surface area is 178 Å². The minimum absolute atomic E-state index is 0.0650. The Morgan fingerprint density at radius 2 is 1.80 bits per heavy atom. The summed E-state index contributed by atoms with van der Waals surface area (Å²) in [5.74, 6) is 0.508. The summed E-state index contributed by atoms with van der Waals surface area (Å²) in [5.41, 5.74) is 2.31. The molecule has 0 atom stereocenters. The van der Waals surface area contributed by atoms with Crippen molar-refractivity contribution in [3.8, 4) is 5.75 Å². The third kappa shape index (κ3) is 4.71. The van der Waals surface area contributed by atoms with E-state index in [1.54, 1.807) is 17.5 Å².